The molecule has 0 radical (unpaired) electrons. The highest BCUT2D eigenvalue weighted by Crippen LogP contribution is 2.21. The Morgan fingerprint density at radius 1 is 1.41 bits per heavy atom. The van der Waals surface area contributed by atoms with Crippen LogP contribution in [0.5, 0.6) is 0 Å². The van der Waals surface area contributed by atoms with Crippen molar-refractivity contribution in [1.29, 1.82) is 0 Å². The number of hydrogen-bond donors (Lipinski definition) is 1. The lowest BCUT2D eigenvalue weighted by molar-refractivity contribution is 0.0287. The van der Waals surface area contributed by atoms with Gasteiger partial charge in [0.2, 0.25) is 0 Å². The summed E-state index contributed by atoms with van der Waals surface area (Å²) in [5.74, 6) is 0.576. The first-order chi connectivity index (χ1) is 10.4. The summed E-state index contributed by atoms with van der Waals surface area (Å²) in [6.45, 7) is 9.25. The fraction of sp³-hybridized carbons (Fsp3) is 0.824. The molecule has 2 aliphatic heterocycles. The summed E-state index contributed by atoms with van der Waals surface area (Å²) in [5, 5.41) is 3.47. The van der Waals surface area contributed by atoms with E-state index in [1.807, 2.05) is 31.9 Å². The van der Waals surface area contributed by atoms with E-state index >= 15 is 0 Å². The molecule has 0 aromatic heterocycles. The molecule has 2 unspecified atom stereocenters. The molecule has 2 atom stereocenters. The third-order valence-corrected chi connectivity index (χ3v) is 4.06. The van der Waals surface area contributed by atoms with Crippen LogP contribution < -0.4 is 5.32 Å². The molecule has 0 aromatic carbocycles. The molecule has 2 aliphatic rings. The third-order valence-electron chi connectivity index (χ3n) is 4.06. The zero-order chi connectivity index (χ0) is 16.0. The highest BCUT2D eigenvalue weighted by atomic mass is 16.6. The first-order valence-corrected chi connectivity index (χ1v) is 8.43. The van der Waals surface area contributed by atoms with Crippen LogP contribution in [0.25, 0.3) is 0 Å². The van der Waals surface area contributed by atoms with Crippen LogP contribution >= 0.6 is 0 Å². The van der Waals surface area contributed by atoms with E-state index in [-0.39, 0.29) is 6.09 Å². The van der Waals surface area contributed by atoms with Gasteiger partial charge in [-0.3, -0.25) is 0 Å². The van der Waals surface area contributed by atoms with Crippen molar-refractivity contribution in [3.05, 3.63) is 12.3 Å². The lowest BCUT2D eigenvalue weighted by Gasteiger charge is -2.24. The molecule has 0 aromatic rings. The number of ether oxygens (including phenoxy) is 2. The van der Waals surface area contributed by atoms with Crippen LogP contribution in [-0.4, -0.2) is 48.9 Å². The van der Waals surface area contributed by atoms with Gasteiger partial charge in [-0.05, 0) is 65.0 Å². The molecular formula is C17H30N2O3. The van der Waals surface area contributed by atoms with E-state index in [1.54, 1.807) is 0 Å². The molecule has 1 N–H and O–H groups in total. The molecule has 5 nitrogen and oxygen atoms in total. The number of nitrogens with one attached hydrogen (secondary N) is 1. The lowest BCUT2D eigenvalue weighted by Crippen LogP contribution is -2.35. The summed E-state index contributed by atoms with van der Waals surface area (Å²) in [6, 6.07) is 0. The molecule has 1 saturated heterocycles. The van der Waals surface area contributed by atoms with E-state index in [0.717, 1.165) is 51.9 Å². The van der Waals surface area contributed by atoms with Crippen LogP contribution in [0.15, 0.2) is 12.3 Å². The Balaban J connectivity index is 1.58. The smallest absolute Gasteiger partial charge is 0.410 e. The molecule has 5 heteroatoms. The lowest BCUT2D eigenvalue weighted by atomic mass is 10.1. The zero-order valence-corrected chi connectivity index (χ0v) is 14.1. The fourth-order valence-electron chi connectivity index (χ4n) is 2.86. The van der Waals surface area contributed by atoms with Crippen molar-refractivity contribution in [2.45, 2.75) is 58.2 Å². The van der Waals surface area contributed by atoms with Crippen LogP contribution in [0, 0.1) is 5.92 Å². The van der Waals surface area contributed by atoms with Crippen LogP contribution in [0.4, 0.5) is 4.79 Å². The standard InChI is InChI=1S/C17H30N2O3/c1-17(2,3)22-16(20)19-10-8-14(13-19)7-9-18-12-15-6-4-5-11-21-15/h5,11,14-15,18H,4,6-10,12-13H2,1-3H3. The van der Waals surface area contributed by atoms with Crippen molar-refractivity contribution in [3.8, 4) is 0 Å². The maximum absolute atomic E-state index is 12.0. The van der Waals surface area contributed by atoms with E-state index in [9.17, 15) is 4.79 Å². The van der Waals surface area contributed by atoms with Crippen molar-refractivity contribution in [1.82, 2.24) is 10.2 Å². The van der Waals surface area contributed by atoms with Gasteiger partial charge in [-0.2, -0.15) is 0 Å². The van der Waals surface area contributed by atoms with Crippen LogP contribution in [0.3, 0.4) is 0 Å². The number of carbonyl (C=O) groups is 1. The number of rotatable bonds is 5. The summed E-state index contributed by atoms with van der Waals surface area (Å²) in [6.07, 6.45) is 8.40. The normalized spacial score (nSPS) is 25.1. The average Bonchev–Trinajstić information content (AvgIpc) is 2.92. The number of allylic oxidation sites excluding steroid dienone is 1. The van der Waals surface area contributed by atoms with Gasteiger partial charge in [0.05, 0.1) is 6.26 Å². The summed E-state index contributed by atoms with van der Waals surface area (Å²) < 4.78 is 11.0. The van der Waals surface area contributed by atoms with Gasteiger partial charge in [-0.1, -0.05) is 0 Å². The second kappa shape index (κ2) is 7.86. The number of carbonyl (C=O) groups excluding carboxylic acids is 1. The Morgan fingerprint density at radius 2 is 2.23 bits per heavy atom. The van der Waals surface area contributed by atoms with Gasteiger partial charge in [0.25, 0.3) is 0 Å². The number of hydrogen-bond acceptors (Lipinski definition) is 4. The highest BCUT2D eigenvalue weighted by molar-refractivity contribution is 5.68. The largest absolute Gasteiger partial charge is 0.497 e. The minimum atomic E-state index is -0.412. The average molecular weight is 310 g/mol. The second-order valence-corrected chi connectivity index (χ2v) is 7.28. The van der Waals surface area contributed by atoms with E-state index in [1.165, 1.54) is 0 Å². The number of amides is 1. The summed E-state index contributed by atoms with van der Waals surface area (Å²) in [5.41, 5.74) is -0.412. The monoisotopic (exact) mass is 310 g/mol. The maximum atomic E-state index is 12.0. The third kappa shape index (κ3) is 5.87. The van der Waals surface area contributed by atoms with E-state index < -0.39 is 5.60 Å². The molecule has 1 fully saturated rings. The van der Waals surface area contributed by atoms with Crippen molar-refractivity contribution in [3.63, 3.8) is 0 Å². The quantitative estimate of drug-likeness (QED) is 0.793. The van der Waals surface area contributed by atoms with Gasteiger partial charge >= 0.3 is 6.09 Å². The van der Waals surface area contributed by atoms with Crippen molar-refractivity contribution < 1.29 is 14.3 Å². The topological polar surface area (TPSA) is 50.8 Å². The molecule has 0 spiro atoms. The summed E-state index contributed by atoms with van der Waals surface area (Å²) in [7, 11) is 0. The minimum Gasteiger partial charge on any atom is -0.497 e. The molecule has 126 valence electrons. The fourth-order valence-corrected chi connectivity index (χ4v) is 2.86. The summed E-state index contributed by atoms with van der Waals surface area (Å²) in [4.78, 5) is 13.8. The SMILES string of the molecule is CC(C)(C)OC(=O)N1CCC(CCNCC2CCC=CO2)C1. The molecule has 2 rings (SSSR count). The van der Waals surface area contributed by atoms with Gasteiger partial charge in [-0.15, -0.1) is 0 Å². The van der Waals surface area contributed by atoms with Gasteiger partial charge in [0.15, 0.2) is 0 Å². The molecule has 22 heavy (non-hydrogen) atoms. The molecule has 0 saturated carbocycles. The minimum absolute atomic E-state index is 0.176. The first-order valence-electron chi connectivity index (χ1n) is 8.43. The highest BCUT2D eigenvalue weighted by Gasteiger charge is 2.29. The first kappa shape index (κ1) is 17.1. The zero-order valence-electron chi connectivity index (χ0n) is 14.1. The van der Waals surface area contributed by atoms with Gasteiger partial charge in [0, 0.05) is 19.6 Å². The van der Waals surface area contributed by atoms with Crippen molar-refractivity contribution in [2.75, 3.05) is 26.2 Å². The van der Waals surface area contributed by atoms with Crippen LogP contribution in [0.2, 0.25) is 0 Å². The maximum Gasteiger partial charge on any atom is 0.410 e. The molecule has 1 amide bonds. The van der Waals surface area contributed by atoms with Gasteiger partial charge < -0.3 is 19.7 Å². The Kier molecular flexibility index (Phi) is 6.12. The summed E-state index contributed by atoms with van der Waals surface area (Å²) >= 11 is 0. The van der Waals surface area contributed by atoms with Crippen molar-refractivity contribution in [2.24, 2.45) is 5.92 Å². The number of likely N-dealkylation sites (tertiary alicyclic amines) is 1. The molecule has 2 heterocycles. The van der Waals surface area contributed by atoms with Crippen LogP contribution in [-0.2, 0) is 9.47 Å². The Labute approximate surface area is 134 Å². The predicted octanol–water partition coefficient (Wildman–Crippen LogP) is 2.92. The Hall–Kier alpha value is -1.23. The van der Waals surface area contributed by atoms with E-state index in [0.29, 0.717) is 12.0 Å². The molecule has 0 bridgehead atoms. The van der Waals surface area contributed by atoms with E-state index in [2.05, 4.69) is 11.4 Å². The predicted molar refractivity (Wildman–Crippen MR) is 86.6 cm³/mol. The van der Waals surface area contributed by atoms with Gasteiger partial charge in [0.1, 0.15) is 11.7 Å². The van der Waals surface area contributed by atoms with Crippen LogP contribution in [0.1, 0.15) is 46.5 Å². The molecular weight excluding hydrogens is 280 g/mol. The second-order valence-electron chi connectivity index (χ2n) is 7.28. The Morgan fingerprint density at radius 3 is 2.91 bits per heavy atom. The van der Waals surface area contributed by atoms with E-state index in [4.69, 9.17) is 9.47 Å². The van der Waals surface area contributed by atoms with Gasteiger partial charge in [-0.25, -0.2) is 4.79 Å². The molecule has 0 aliphatic carbocycles. The number of nitrogens with zero attached hydrogens (tertiary/aromatic N) is 1. The Bertz CT molecular complexity index is 390. The van der Waals surface area contributed by atoms with Crippen molar-refractivity contribution >= 4 is 6.09 Å².